The number of nitrogens with two attached hydrogens (primary N) is 1. The summed E-state index contributed by atoms with van der Waals surface area (Å²) < 4.78 is 18.9. The first kappa shape index (κ1) is 24.9. The Morgan fingerprint density at radius 3 is 2.32 bits per heavy atom. The summed E-state index contributed by atoms with van der Waals surface area (Å²) in [5.74, 6) is -0.730. The maximum Gasteiger partial charge on any atom is 0.411 e. The number of rotatable bonds is 9. The number of amides is 2. The van der Waals surface area contributed by atoms with E-state index < -0.39 is 11.9 Å². The Balaban J connectivity index is 1.65. The van der Waals surface area contributed by atoms with Crippen molar-refractivity contribution in [2.24, 2.45) is 11.1 Å². The Bertz CT molecular complexity index is 1100. The first-order valence-corrected chi connectivity index (χ1v) is 11.1. The number of hydrogen-bond donors (Lipinski definition) is 2. The summed E-state index contributed by atoms with van der Waals surface area (Å²) in [5, 5.41) is 2.70. The lowest BCUT2D eigenvalue weighted by Crippen LogP contribution is -2.41. The van der Waals surface area contributed by atoms with Crippen LogP contribution in [0.3, 0.4) is 0 Å². The maximum atomic E-state index is 13.7. The van der Waals surface area contributed by atoms with Crippen molar-refractivity contribution in [3.05, 3.63) is 101 Å². The molecule has 0 aliphatic carbocycles. The summed E-state index contributed by atoms with van der Waals surface area (Å²) in [7, 11) is 0. The third-order valence-electron chi connectivity index (χ3n) is 5.32. The minimum atomic E-state index is -0.552. The summed E-state index contributed by atoms with van der Waals surface area (Å²) in [5.41, 5.74) is 8.20. The molecule has 178 valence electrons. The van der Waals surface area contributed by atoms with E-state index in [9.17, 15) is 14.0 Å². The second-order valence-corrected chi connectivity index (χ2v) is 8.92. The Morgan fingerprint density at radius 2 is 1.68 bits per heavy atom. The lowest BCUT2D eigenvalue weighted by molar-refractivity contribution is 0.0673. The van der Waals surface area contributed by atoms with E-state index in [4.69, 9.17) is 10.5 Å². The second kappa shape index (κ2) is 11.4. The minimum absolute atomic E-state index is 0.179. The van der Waals surface area contributed by atoms with E-state index in [0.717, 1.165) is 11.1 Å². The lowest BCUT2D eigenvalue weighted by Gasteiger charge is -2.32. The Hall–Kier alpha value is -3.71. The summed E-state index contributed by atoms with van der Waals surface area (Å²) in [6.07, 6.45) is -0.552. The number of benzene rings is 3. The van der Waals surface area contributed by atoms with Gasteiger partial charge in [-0.25, -0.2) is 9.18 Å². The number of hydrogen-bond acceptors (Lipinski definition) is 4. The highest BCUT2D eigenvalue weighted by Crippen LogP contribution is 2.21. The van der Waals surface area contributed by atoms with Crippen LogP contribution in [0.4, 0.5) is 14.9 Å². The first-order valence-electron chi connectivity index (χ1n) is 11.1. The molecule has 0 aliphatic rings. The van der Waals surface area contributed by atoms with Gasteiger partial charge in [-0.1, -0.05) is 62.4 Å². The molecule has 0 aromatic heterocycles. The van der Waals surface area contributed by atoms with Gasteiger partial charge in [-0.05, 0) is 53.4 Å². The van der Waals surface area contributed by atoms with Crippen LogP contribution in [0.2, 0.25) is 0 Å². The molecule has 0 saturated carbocycles. The normalized spacial score (nSPS) is 11.1. The minimum Gasteiger partial charge on any atom is -0.444 e. The molecule has 6 nitrogen and oxygen atoms in total. The third-order valence-corrected chi connectivity index (χ3v) is 5.32. The van der Waals surface area contributed by atoms with Crippen LogP contribution in [0.15, 0.2) is 78.9 Å². The predicted octanol–water partition coefficient (Wildman–Crippen LogP) is 5.20. The monoisotopic (exact) mass is 463 g/mol. The maximum absolute atomic E-state index is 13.7. The quantitative estimate of drug-likeness (QED) is 0.457. The number of halogens is 1. The molecular formula is C27H30FN3O3. The second-order valence-electron chi connectivity index (χ2n) is 8.92. The van der Waals surface area contributed by atoms with Crippen LogP contribution in [0.5, 0.6) is 0 Å². The summed E-state index contributed by atoms with van der Waals surface area (Å²) in [6.45, 7) is 5.26. The molecule has 34 heavy (non-hydrogen) atoms. The molecule has 3 aromatic rings. The standard InChI is InChI=1S/C27H30FN3O3/c1-27(2,18-29)19-31(25(32)22-9-6-10-23(28)15-22)16-20-11-13-24(14-12-20)30-26(33)34-17-21-7-4-3-5-8-21/h3-15H,16-19,29H2,1-2H3,(H,30,33). The van der Waals surface area contributed by atoms with Crippen molar-refractivity contribution in [2.45, 2.75) is 27.0 Å². The van der Waals surface area contributed by atoms with E-state index in [1.165, 1.54) is 18.2 Å². The van der Waals surface area contributed by atoms with Gasteiger partial charge in [0.2, 0.25) is 0 Å². The molecule has 0 fully saturated rings. The van der Waals surface area contributed by atoms with Crippen LogP contribution in [0, 0.1) is 11.2 Å². The van der Waals surface area contributed by atoms with E-state index in [1.54, 1.807) is 23.1 Å². The van der Waals surface area contributed by atoms with Crippen molar-refractivity contribution in [3.8, 4) is 0 Å². The van der Waals surface area contributed by atoms with Crippen molar-refractivity contribution >= 4 is 17.7 Å². The fraction of sp³-hybridized carbons (Fsp3) is 0.259. The molecule has 0 radical (unpaired) electrons. The summed E-state index contributed by atoms with van der Waals surface area (Å²) in [6, 6.07) is 22.2. The molecule has 3 rings (SSSR count). The van der Waals surface area contributed by atoms with Gasteiger partial charge in [0.15, 0.2) is 0 Å². The van der Waals surface area contributed by atoms with Gasteiger partial charge < -0.3 is 15.4 Å². The fourth-order valence-corrected chi connectivity index (χ4v) is 3.38. The molecule has 3 N–H and O–H groups in total. The number of anilines is 1. The summed E-state index contributed by atoms with van der Waals surface area (Å²) in [4.78, 5) is 26.9. The number of ether oxygens (including phenoxy) is 1. The number of carbonyl (C=O) groups excluding carboxylic acids is 2. The highest BCUT2D eigenvalue weighted by atomic mass is 19.1. The van der Waals surface area contributed by atoms with Gasteiger partial charge in [-0.3, -0.25) is 10.1 Å². The average Bonchev–Trinajstić information content (AvgIpc) is 2.83. The Morgan fingerprint density at radius 1 is 0.971 bits per heavy atom. The molecule has 7 heteroatoms. The molecule has 3 aromatic carbocycles. The first-order chi connectivity index (χ1) is 16.3. The van der Waals surface area contributed by atoms with E-state index in [0.29, 0.717) is 25.3 Å². The van der Waals surface area contributed by atoms with E-state index in [-0.39, 0.29) is 23.5 Å². The van der Waals surface area contributed by atoms with Gasteiger partial charge in [-0.2, -0.15) is 0 Å². The van der Waals surface area contributed by atoms with Crippen LogP contribution >= 0.6 is 0 Å². The smallest absolute Gasteiger partial charge is 0.411 e. The molecule has 0 saturated heterocycles. The van der Waals surface area contributed by atoms with Crippen LogP contribution < -0.4 is 11.1 Å². The van der Waals surface area contributed by atoms with Crippen molar-refractivity contribution in [1.82, 2.24) is 4.90 Å². The van der Waals surface area contributed by atoms with Crippen LogP contribution in [0.1, 0.15) is 35.3 Å². The molecule has 0 unspecified atom stereocenters. The molecule has 0 atom stereocenters. The van der Waals surface area contributed by atoms with Crippen molar-refractivity contribution in [2.75, 3.05) is 18.4 Å². The van der Waals surface area contributed by atoms with Gasteiger partial charge in [0.25, 0.3) is 5.91 Å². The number of nitrogens with one attached hydrogen (secondary N) is 1. The van der Waals surface area contributed by atoms with E-state index in [2.05, 4.69) is 5.32 Å². The SMILES string of the molecule is CC(C)(CN)CN(Cc1ccc(NC(=O)OCc2ccccc2)cc1)C(=O)c1cccc(F)c1. The van der Waals surface area contributed by atoms with Gasteiger partial charge in [-0.15, -0.1) is 0 Å². The van der Waals surface area contributed by atoms with Crippen molar-refractivity contribution in [1.29, 1.82) is 0 Å². The zero-order valence-electron chi connectivity index (χ0n) is 19.5. The molecule has 0 spiro atoms. The average molecular weight is 464 g/mol. The summed E-state index contributed by atoms with van der Waals surface area (Å²) >= 11 is 0. The van der Waals surface area contributed by atoms with Crippen LogP contribution in [-0.4, -0.2) is 30.0 Å². The molecule has 0 heterocycles. The highest BCUT2D eigenvalue weighted by molar-refractivity contribution is 5.94. The highest BCUT2D eigenvalue weighted by Gasteiger charge is 2.25. The van der Waals surface area contributed by atoms with Gasteiger partial charge in [0.1, 0.15) is 12.4 Å². The number of nitrogens with zero attached hydrogens (tertiary/aromatic N) is 1. The predicted molar refractivity (Wildman–Crippen MR) is 131 cm³/mol. The lowest BCUT2D eigenvalue weighted by atomic mass is 9.92. The number of carbonyl (C=O) groups is 2. The Kier molecular flexibility index (Phi) is 8.38. The largest absolute Gasteiger partial charge is 0.444 e. The molecule has 0 aliphatic heterocycles. The topological polar surface area (TPSA) is 84.7 Å². The third kappa shape index (κ3) is 7.42. The van der Waals surface area contributed by atoms with Crippen molar-refractivity contribution in [3.63, 3.8) is 0 Å². The fourth-order valence-electron chi connectivity index (χ4n) is 3.38. The molecule has 2 amide bonds. The van der Waals surface area contributed by atoms with Gasteiger partial charge in [0, 0.05) is 24.3 Å². The molecule has 0 bridgehead atoms. The van der Waals surface area contributed by atoms with Crippen molar-refractivity contribution < 1.29 is 18.7 Å². The zero-order valence-corrected chi connectivity index (χ0v) is 19.5. The van der Waals surface area contributed by atoms with Crippen LogP contribution in [0.25, 0.3) is 0 Å². The van der Waals surface area contributed by atoms with Gasteiger partial charge in [0.05, 0.1) is 0 Å². The van der Waals surface area contributed by atoms with Gasteiger partial charge >= 0.3 is 6.09 Å². The zero-order chi connectivity index (χ0) is 24.6. The molecular weight excluding hydrogens is 433 g/mol. The van der Waals surface area contributed by atoms with E-state index >= 15 is 0 Å². The Labute approximate surface area is 199 Å². The van der Waals surface area contributed by atoms with E-state index in [1.807, 2.05) is 56.3 Å². The van der Waals surface area contributed by atoms with Crippen LogP contribution in [-0.2, 0) is 17.9 Å².